The molecule has 0 amide bonds. The Morgan fingerprint density at radius 2 is 1.86 bits per heavy atom. The van der Waals surface area contributed by atoms with Gasteiger partial charge in [-0.2, -0.15) is 0 Å². The van der Waals surface area contributed by atoms with Gasteiger partial charge < -0.3 is 14.8 Å². The molecule has 2 rings (SSSR count). The number of benzene rings is 2. The first kappa shape index (κ1) is 15.7. The molecule has 0 radical (unpaired) electrons. The van der Waals surface area contributed by atoms with Crippen molar-refractivity contribution < 1.29 is 9.47 Å². The first-order valence-electron chi connectivity index (χ1n) is 6.98. The van der Waals surface area contributed by atoms with Crippen LogP contribution in [-0.4, -0.2) is 26.9 Å². The zero-order valence-corrected chi connectivity index (χ0v) is 12.9. The van der Waals surface area contributed by atoms with Crippen molar-refractivity contribution in [3.8, 4) is 5.75 Å². The molecule has 3 nitrogen and oxygen atoms in total. The molecule has 112 valence electrons. The van der Waals surface area contributed by atoms with Crippen LogP contribution in [0.1, 0.15) is 5.56 Å². The summed E-state index contributed by atoms with van der Waals surface area (Å²) in [5.41, 5.74) is 2.25. The summed E-state index contributed by atoms with van der Waals surface area (Å²) in [6.07, 6.45) is 0.924. The van der Waals surface area contributed by atoms with E-state index in [9.17, 15) is 0 Å². The molecule has 0 unspecified atom stereocenters. The average molecular weight is 306 g/mol. The molecule has 0 fully saturated rings. The van der Waals surface area contributed by atoms with E-state index in [1.54, 1.807) is 7.11 Å². The molecule has 2 aromatic rings. The number of hydrogen-bond donors (Lipinski definition) is 1. The molecular formula is C17H20ClNO2. The molecular weight excluding hydrogens is 286 g/mol. The van der Waals surface area contributed by atoms with Gasteiger partial charge in [-0.25, -0.2) is 0 Å². The topological polar surface area (TPSA) is 30.5 Å². The van der Waals surface area contributed by atoms with Gasteiger partial charge in [-0.05, 0) is 42.3 Å². The first-order valence-corrected chi connectivity index (χ1v) is 7.36. The smallest absolute Gasteiger partial charge is 0.119 e. The van der Waals surface area contributed by atoms with Crippen LogP contribution in [0, 0.1) is 0 Å². The zero-order chi connectivity index (χ0) is 14.9. The highest BCUT2D eigenvalue weighted by Gasteiger charge is 1.97. The molecule has 0 aliphatic rings. The van der Waals surface area contributed by atoms with Gasteiger partial charge in [0.2, 0.25) is 0 Å². The third-order valence-electron chi connectivity index (χ3n) is 3.04. The molecule has 0 heterocycles. The highest BCUT2D eigenvalue weighted by molar-refractivity contribution is 6.30. The maximum Gasteiger partial charge on any atom is 0.119 e. The van der Waals surface area contributed by atoms with Crippen molar-refractivity contribution in [3.63, 3.8) is 0 Å². The molecule has 0 atom stereocenters. The Hall–Kier alpha value is -1.71. The fraction of sp³-hybridized carbons (Fsp3) is 0.294. The predicted octanol–water partition coefficient (Wildman–Crippen LogP) is 4.02. The molecule has 0 saturated carbocycles. The van der Waals surface area contributed by atoms with Crippen LogP contribution in [0.15, 0.2) is 48.5 Å². The molecule has 0 aliphatic carbocycles. The summed E-state index contributed by atoms with van der Waals surface area (Å²) in [6, 6.07) is 15.8. The molecule has 0 saturated heterocycles. The Morgan fingerprint density at radius 3 is 2.57 bits per heavy atom. The zero-order valence-electron chi connectivity index (χ0n) is 12.1. The number of methoxy groups -OCH3 is 1. The van der Waals surface area contributed by atoms with Crippen molar-refractivity contribution in [2.24, 2.45) is 0 Å². The van der Waals surface area contributed by atoms with Gasteiger partial charge in [0, 0.05) is 24.4 Å². The van der Waals surface area contributed by atoms with Crippen molar-refractivity contribution >= 4 is 17.3 Å². The average Bonchev–Trinajstić information content (AvgIpc) is 2.51. The standard InChI is InChI=1S/C17H20ClNO2/c1-20-11-9-14-5-7-17(8-6-14)21-12-10-19-16-4-2-3-15(18)13-16/h2-8,13,19H,9-12H2,1H3. The fourth-order valence-corrected chi connectivity index (χ4v) is 2.13. The minimum atomic E-state index is 0.601. The summed E-state index contributed by atoms with van der Waals surface area (Å²) in [7, 11) is 1.71. The van der Waals surface area contributed by atoms with E-state index in [2.05, 4.69) is 17.4 Å². The van der Waals surface area contributed by atoms with Gasteiger partial charge in [-0.1, -0.05) is 29.8 Å². The monoisotopic (exact) mass is 305 g/mol. The molecule has 2 aromatic carbocycles. The molecule has 0 bridgehead atoms. The van der Waals surface area contributed by atoms with Gasteiger partial charge in [-0.3, -0.25) is 0 Å². The Kier molecular flexibility index (Phi) is 6.38. The van der Waals surface area contributed by atoms with E-state index in [-0.39, 0.29) is 0 Å². The van der Waals surface area contributed by atoms with E-state index in [0.717, 1.165) is 36.0 Å². The maximum absolute atomic E-state index is 5.92. The Balaban J connectivity index is 1.71. The summed E-state index contributed by atoms with van der Waals surface area (Å²) >= 11 is 5.92. The van der Waals surface area contributed by atoms with Gasteiger partial charge in [-0.15, -0.1) is 0 Å². The van der Waals surface area contributed by atoms with E-state index >= 15 is 0 Å². The molecule has 0 aliphatic heterocycles. The summed E-state index contributed by atoms with van der Waals surface area (Å²) in [5.74, 6) is 0.879. The van der Waals surface area contributed by atoms with Gasteiger partial charge in [0.1, 0.15) is 12.4 Å². The third-order valence-corrected chi connectivity index (χ3v) is 3.28. The molecule has 21 heavy (non-hydrogen) atoms. The van der Waals surface area contributed by atoms with Crippen LogP contribution < -0.4 is 10.1 Å². The number of halogens is 1. The number of hydrogen-bond acceptors (Lipinski definition) is 3. The highest BCUT2D eigenvalue weighted by atomic mass is 35.5. The van der Waals surface area contributed by atoms with Crippen LogP contribution in [0.2, 0.25) is 5.02 Å². The van der Waals surface area contributed by atoms with E-state index in [1.807, 2.05) is 36.4 Å². The molecule has 1 N–H and O–H groups in total. The first-order chi connectivity index (χ1) is 10.3. The second-order valence-corrected chi connectivity index (χ2v) is 5.11. The molecule has 0 spiro atoms. The van der Waals surface area contributed by atoms with E-state index in [0.29, 0.717) is 6.61 Å². The fourth-order valence-electron chi connectivity index (χ4n) is 1.93. The Morgan fingerprint density at radius 1 is 1.05 bits per heavy atom. The van der Waals surface area contributed by atoms with Gasteiger partial charge in [0.05, 0.1) is 6.61 Å². The number of nitrogens with one attached hydrogen (secondary N) is 1. The minimum Gasteiger partial charge on any atom is -0.492 e. The number of anilines is 1. The van der Waals surface area contributed by atoms with Crippen LogP contribution in [0.4, 0.5) is 5.69 Å². The largest absolute Gasteiger partial charge is 0.492 e. The van der Waals surface area contributed by atoms with Gasteiger partial charge in [0.15, 0.2) is 0 Å². The van der Waals surface area contributed by atoms with Gasteiger partial charge in [0.25, 0.3) is 0 Å². The summed E-state index contributed by atoms with van der Waals surface area (Å²) in [4.78, 5) is 0. The van der Waals surface area contributed by atoms with Crippen molar-refractivity contribution in [2.75, 3.05) is 32.2 Å². The minimum absolute atomic E-state index is 0.601. The van der Waals surface area contributed by atoms with E-state index < -0.39 is 0 Å². The van der Waals surface area contributed by atoms with Crippen LogP contribution in [0.25, 0.3) is 0 Å². The lowest BCUT2D eigenvalue weighted by molar-refractivity contribution is 0.202. The lowest BCUT2D eigenvalue weighted by atomic mass is 10.1. The number of rotatable bonds is 8. The lowest BCUT2D eigenvalue weighted by Crippen LogP contribution is -2.11. The Labute approximate surface area is 130 Å². The lowest BCUT2D eigenvalue weighted by Gasteiger charge is -2.09. The van der Waals surface area contributed by atoms with Gasteiger partial charge >= 0.3 is 0 Å². The van der Waals surface area contributed by atoms with Crippen molar-refractivity contribution in [2.45, 2.75) is 6.42 Å². The second-order valence-electron chi connectivity index (χ2n) is 4.67. The van der Waals surface area contributed by atoms with Crippen LogP contribution in [0.3, 0.4) is 0 Å². The summed E-state index contributed by atoms with van der Waals surface area (Å²) < 4.78 is 10.7. The normalized spacial score (nSPS) is 10.4. The quantitative estimate of drug-likeness (QED) is 0.747. The second kappa shape index (κ2) is 8.55. The maximum atomic E-state index is 5.92. The third kappa shape index (κ3) is 5.66. The van der Waals surface area contributed by atoms with Crippen LogP contribution in [0.5, 0.6) is 5.75 Å². The van der Waals surface area contributed by atoms with E-state index in [4.69, 9.17) is 21.1 Å². The van der Waals surface area contributed by atoms with E-state index in [1.165, 1.54) is 5.56 Å². The van der Waals surface area contributed by atoms with Crippen molar-refractivity contribution in [3.05, 3.63) is 59.1 Å². The summed E-state index contributed by atoms with van der Waals surface area (Å²) in [5, 5.41) is 4.00. The van der Waals surface area contributed by atoms with Crippen LogP contribution >= 0.6 is 11.6 Å². The summed E-state index contributed by atoms with van der Waals surface area (Å²) in [6.45, 7) is 2.07. The predicted molar refractivity (Wildman–Crippen MR) is 87.5 cm³/mol. The SMILES string of the molecule is COCCc1ccc(OCCNc2cccc(Cl)c2)cc1. The molecule has 0 aromatic heterocycles. The van der Waals surface area contributed by atoms with Crippen molar-refractivity contribution in [1.29, 1.82) is 0 Å². The Bertz CT molecular complexity index is 543. The number of ether oxygens (including phenoxy) is 2. The van der Waals surface area contributed by atoms with Crippen molar-refractivity contribution in [1.82, 2.24) is 0 Å². The van der Waals surface area contributed by atoms with Crippen LogP contribution in [-0.2, 0) is 11.2 Å². The molecule has 4 heteroatoms. The highest BCUT2D eigenvalue weighted by Crippen LogP contribution is 2.15.